The number of aromatic amines is 1. The number of amides is 1. The number of rotatable bonds is 6. The summed E-state index contributed by atoms with van der Waals surface area (Å²) in [6.45, 7) is 0.361. The number of carbonyl (C=O) groups is 1. The molecule has 0 saturated heterocycles. The average Bonchev–Trinajstić information content (AvgIpc) is 2.74. The number of pyridine rings is 1. The Balaban J connectivity index is 1.83. The van der Waals surface area contributed by atoms with E-state index in [0.717, 1.165) is 5.56 Å². The van der Waals surface area contributed by atoms with Crippen LogP contribution in [0.4, 0.5) is 4.39 Å². The molecular weight excluding hydrogens is 411 g/mol. The predicted octanol–water partition coefficient (Wildman–Crippen LogP) is 3.87. The second kappa shape index (κ2) is 10.0. The smallest absolute Gasteiger partial charge is 0.257 e. The number of hydrogen-bond acceptors (Lipinski definition) is 4. The van der Waals surface area contributed by atoms with Crippen LogP contribution in [0.1, 0.15) is 34.3 Å². The molecule has 1 amide bonds. The molecule has 1 heterocycles. The minimum Gasteiger partial charge on any atom is -0.358 e. The van der Waals surface area contributed by atoms with Gasteiger partial charge in [0.05, 0.1) is 17.5 Å². The van der Waals surface area contributed by atoms with E-state index in [1.807, 2.05) is 0 Å². The molecule has 154 valence electrons. The number of nitrogens with one attached hydrogen (secondary N) is 2. The van der Waals surface area contributed by atoms with Gasteiger partial charge in [-0.2, -0.15) is 0 Å². The standard InChI is InChI=1S/C22H18ClFN2O4/c23-16-7-5-14(6-8-16)12-26-22(28)18-13-25-20-17(21(18)27)10-15(11-19(20)24)4-2-1-3-9-30-29/h5-8,10-11,13,29H,1,3,9,12H2,(H,25,27)(H,26,28). The first-order chi connectivity index (χ1) is 14.5. The molecular formula is C22H18ClFN2O4. The third-order valence-corrected chi connectivity index (χ3v) is 4.57. The van der Waals surface area contributed by atoms with Crippen molar-refractivity contribution in [1.82, 2.24) is 10.3 Å². The molecule has 30 heavy (non-hydrogen) atoms. The summed E-state index contributed by atoms with van der Waals surface area (Å²) in [6.07, 6.45) is 2.15. The zero-order valence-corrected chi connectivity index (χ0v) is 16.6. The van der Waals surface area contributed by atoms with Crippen molar-refractivity contribution < 1.29 is 19.3 Å². The molecule has 0 radical (unpaired) electrons. The minimum absolute atomic E-state index is 0.00785. The summed E-state index contributed by atoms with van der Waals surface area (Å²) in [5.41, 5.74) is 0.428. The molecule has 6 nitrogen and oxygen atoms in total. The Labute approximate surface area is 176 Å². The van der Waals surface area contributed by atoms with Gasteiger partial charge in [0.25, 0.3) is 5.91 Å². The van der Waals surface area contributed by atoms with Gasteiger partial charge in [0.1, 0.15) is 11.4 Å². The number of fused-ring (bicyclic) bond motifs is 1. The van der Waals surface area contributed by atoms with Crippen LogP contribution in [0.3, 0.4) is 0 Å². The number of H-pyrrole nitrogens is 1. The number of aromatic nitrogens is 1. The molecule has 0 aliphatic carbocycles. The van der Waals surface area contributed by atoms with E-state index in [2.05, 4.69) is 27.0 Å². The lowest BCUT2D eigenvalue weighted by molar-refractivity contribution is -0.242. The SMILES string of the molecule is O=C(NCc1ccc(Cl)cc1)c1c[nH]c2c(F)cc(C#CCCCOO)cc2c1=O. The lowest BCUT2D eigenvalue weighted by Gasteiger charge is -2.07. The largest absolute Gasteiger partial charge is 0.358 e. The van der Waals surface area contributed by atoms with E-state index in [-0.39, 0.29) is 29.6 Å². The Bertz CT molecular complexity index is 1180. The average molecular weight is 429 g/mol. The van der Waals surface area contributed by atoms with Crippen molar-refractivity contribution >= 4 is 28.4 Å². The van der Waals surface area contributed by atoms with Gasteiger partial charge in [-0.05, 0) is 36.2 Å². The molecule has 0 spiro atoms. The van der Waals surface area contributed by atoms with Gasteiger partial charge in [-0.25, -0.2) is 9.28 Å². The first kappa shape index (κ1) is 21.5. The van der Waals surface area contributed by atoms with E-state index in [4.69, 9.17) is 16.9 Å². The summed E-state index contributed by atoms with van der Waals surface area (Å²) in [4.78, 5) is 31.9. The highest BCUT2D eigenvalue weighted by Crippen LogP contribution is 2.16. The normalized spacial score (nSPS) is 10.5. The summed E-state index contributed by atoms with van der Waals surface area (Å²) in [5, 5.41) is 11.6. The number of hydrogen-bond donors (Lipinski definition) is 3. The van der Waals surface area contributed by atoms with Crippen molar-refractivity contribution in [2.75, 3.05) is 6.61 Å². The van der Waals surface area contributed by atoms with Gasteiger partial charge in [0.2, 0.25) is 5.43 Å². The van der Waals surface area contributed by atoms with Crippen LogP contribution in [-0.4, -0.2) is 22.8 Å². The number of unbranched alkanes of at least 4 members (excludes halogenated alkanes) is 1. The van der Waals surface area contributed by atoms with E-state index in [1.165, 1.54) is 18.3 Å². The second-order valence-electron chi connectivity index (χ2n) is 6.46. The molecule has 0 saturated carbocycles. The Morgan fingerprint density at radius 1 is 1.27 bits per heavy atom. The monoisotopic (exact) mass is 428 g/mol. The van der Waals surface area contributed by atoms with Gasteiger partial charge in [0.15, 0.2) is 0 Å². The van der Waals surface area contributed by atoms with Crippen LogP contribution in [0.2, 0.25) is 5.02 Å². The van der Waals surface area contributed by atoms with Crippen LogP contribution in [0, 0.1) is 17.7 Å². The van der Waals surface area contributed by atoms with Crippen LogP contribution in [0.5, 0.6) is 0 Å². The molecule has 2 aromatic carbocycles. The molecule has 1 aromatic heterocycles. The Morgan fingerprint density at radius 2 is 2.03 bits per heavy atom. The third-order valence-electron chi connectivity index (χ3n) is 4.32. The summed E-state index contributed by atoms with van der Waals surface area (Å²) in [6, 6.07) is 9.60. The molecule has 3 aromatic rings. The van der Waals surface area contributed by atoms with Gasteiger partial charge in [0, 0.05) is 29.7 Å². The Kier molecular flexibility index (Phi) is 7.20. The molecule has 0 unspecified atom stereocenters. The zero-order valence-electron chi connectivity index (χ0n) is 15.8. The number of benzene rings is 2. The molecule has 0 fully saturated rings. The van der Waals surface area contributed by atoms with Crippen molar-refractivity contribution in [2.45, 2.75) is 19.4 Å². The van der Waals surface area contributed by atoms with Crippen LogP contribution in [0.15, 0.2) is 47.4 Å². The number of halogens is 2. The van der Waals surface area contributed by atoms with Gasteiger partial charge < -0.3 is 10.3 Å². The second-order valence-corrected chi connectivity index (χ2v) is 6.90. The molecule has 3 N–H and O–H groups in total. The molecule has 8 heteroatoms. The lowest BCUT2D eigenvalue weighted by Crippen LogP contribution is -2.28. The van der Waals surface area contributed by atoms with E-state index in [1.54, 1.807) is 24.3 Å². The fraction of sp³-hybridized carbons (Fsp3) is 0.182. The highest BCUT2D eigenvalue weighted by molar-refractivity contribution is 6.30. The highest BCUT2D eigenvalue weighted by atomic mass is 35.5. The fourth-order valence-electron chi connectivity index (χ4n) is 2.80. The van der Waals surface area contributed by atoms with Crippen LogP contribution >= 0.6 is 11.6 Å². The summed E-state index contributed by atoms with van der Waals surface area (Å²) >= 11 is 5.84. The van der Waals surface area contributed by atoms with Crippen LogP contribution in [0.25, 0.3) is 10.9 Å². The first-order valence-electron chi connectivity index (χ1n) is 9.12. The number of carbonyl (C=O) groups excluding carboxylic acids is 1. The van der Waals surface area contributed by atoms with E-state index >= 15 is 0 Å². The predicted molar refractivity (Wildman–Crippen MR) is 112 cm³/mol. The highest BCUT2D eigenvalue weighted by Gasteiger charge is 2.15. The van der Waals surface area contributed by atoms with Crippen molar-refractivity contribution in [3.8, 4) is 11.8 Å². The van der Waals surface area contributed by atoms with Crippen molar-refractivity contribution in [3.05, 3.63) is 80.3 Å². The minimum atomic E-state index is -0.638. The van der Waals surface area contributed by atoms with Gasteiger partial charge in [-0.15, -0.1) is 0 Å². The molecule has 0 aliphatic rings. The van der Waals surface area contributed by atoms with Crippen molar-refractivity contribution in [3.63, 3.8) is 0 Å². The summed E-state index contributed by atoms with van der Waals surface area (Å²) in [5.74, 6) is 4.38. The van der Waals surface area contributed by atoms with Crippen molar-refractivity contribution in [1.29, 1.82) is 0 Å². The van der Waals surface area contributed by atoms with E-state index in [0.29, 0.717) is 23.4 Å². The lowest BCUT2D eigenvalue weighted by atomic mass is 10.1. The topological polar surface area (TPSA) is 91.4 Å². The Hall–Kier alpha value is -3.18. The summed E-state index contributed by atoms with van der Waals surface area (Å²) in [7, 11) is 0. The maximum Gasteiger partial charge on any atom is 0.257 e. The fourth-order valence-corrected chi connectivity index (χ4v) is 2.92. The van der Waals surface area contributed by atoms with Gasteiger partial charge >= 0.3 is 0 Å². The molecule has 3 rings (SSSR count). The van der Waals surface area contributed by atoms with Gasteiger partial charge in [-0.3, -0.25) is 14.8 Å². The maximum atomic E-state index is 14.4. The van der Waals surface area contributed by atoms with E-state index < -0.39 is 17.2 Å². The summed E-state index contributed by atoms with van der Waals surface area (Å²) < 4.78 is 14.4. The van der Waals surface area contributed by atoms with Crippen LogP contribution in [-0.2, 0) is 11.4 Å². The van der Waals surface area contributed by atoms with E-state index in [9.17, 15) is 14.0 Å². The maximum absolute atomic E-state index is 14.4. The zero-order chi connectivity index (χ0) is 21.5. The third kappa shape index (κ3) is 5.24. The Morgan fingerprint density at radius 3 is 2.77 bits per heavy atom. The first-order valence-corrected chi connectivity index (χ1v) is 9.50. The quantitative estimate of drug-likeness (QED) is 0.240. The molecule has 0 atom stereocenters. The van der Waals surface area contributed by atoms with Crippen LogP contribution < -0.4 is 10.7 Å². The van der Waals surface area contributed by atoms with Crippen molar-refractivity contribution in [2.24, 2.45) is 0 Å². The molecule has 0 aliphatic heterocycles. The van der Waals surface area contributed by atoms with Gasteiger partial charge in [-0.1, -0.05) is 35.6 Å². The molecule has 0 bridgehead atoms.